The van der Waals surface area contributed by atoms with E-state index in [0.29, 0.717) is 0 Å². The molecule has 0 aromatic heterocycles. The van der Waals surface area contributed by atoms with Gasteiger partial charge < -0.3 is 16.2 Å². The summed E-state index contributed by atoms with van der Waals surface area (Å²) in [4.78, 5) is 11.1. The van der Waals surface area contributed by atoms with Crippen LogP contribution in [0, 0.1) is 0 Å². The predicted molar refractivity (Wildman–Crippen MR) is 129 cm³/mol. The molecule has 4 aromatic rings. The van der Waals surface area contributed by atoms with Crippen molar-refractivity contribution in [2.75, 3.05) is 5.32 Å². The SMILES string of the molecule is N[C@H](Cc1ccc(NC(c2ccccc2)(c2ccccc2)c2ccccc2)cc1)C(=O)O. The smallest absolute Gasteiger partial charge is 0.320 e. The third-order valence-electron chi connectivity index (χ3n) is 5.68. The summed E-state index contributed by atoms with van der Waals surface area (Å²) in [6, 6.07) is 38.0. The summed E-state index contributed by atoms with van der Waals surface area (Å²) in [6.45, 7) is 0. The Morgan fingerprint density at radius 2 is 1.12 bits per heavy atom. The Morgan fingerprint density at radius 3 is 1.50 bits per heavy atom. The van der Waals surface area contributed by atoms with Gasteiger partial charge in [-0.25, -0.2) is 0 Å². The highest BCUT2D eigenvalue weighted by Gasteiger charge is 2.36. The van der Waals surface area contributed by atoms with Gasteiger partial charge in [0, 0.05) is 5.69 Å². The number of hydrogen-bond acceptors (Lipinski definition) is 3. The van der Waals surface area contributed by atoms with Gasteiger partial charge in [-0.2, -0.15) is 0 Å². The van der Waals surface area contributed by atoms with Crippen LogP contribution >= 0.6 is 0 Å². The van der Waals surface area contributed by atoms with Gasteiger partial charge in [0.1, 0.15) is 11.6 Å². The molecule has 0 spiro atoms. The fraction of sp³-hybridized carbons (Fsp3) is 0.107. The Morgan fingerprint density at radius 1 is 0.719 bits per heavy atom. The molecule has 0 aliphatic heterocycles. The molecule has 0 unspecified atom stereocenters. The lowest BCUT2D eigenvalue weighted by Crippen LogP contribution is -2.38. The van der Waals surface area contributed by atoms with E-state index in [1.807, 2.05) is 78.9 Å². The van der Waals surface area contributed by atoms with Gasteiger partial charge in [-0.05, 0) is 40.8 Å². The third-order valence-corrected chi connectivity index (χ3v) is 5.68. The highest BCUT2D eigenvalue weighted by Crippen LogP contribution is 2.39. The van der Waals surface area contributed by atoms with Crippen molar-refractivity contribution in [2.45, 2.75) is 18.0 Å². The number of anilines is 1. The summed E-state index contributed by atoms with van der Waals surface area (Å²) in [6.07, 6.45) is 0.289. The monoisotopic (exact) mass is 422 g/mol. The van der Waals surface area contributed by atoms with Crippen molar-refractivity contribution in [3.8, 4) is 0 Å². The highest BCUT2D eigenvalue weighted by atomic mass is 16.4. The lowest BCUT2D eigenvalue weighted by molar-refractivity contribution is -0.138. The predicted octanol–water partition coefficient (Wildman–Crippen LogP) is 5.05. The molecule has 32 heavy (non-hydrogen) atoms. The zero-order valence-electron chi connectivity index (χ0n) is 17.7. The van der Waals surface area contributed by atoms with Crippen LogP contribution in [-0.4, -0.2) is 17.1 Å². The number of hydrogen-bond donors (Lipinski definition) is 3. The van der Waals surface area contributed by atoms with Crippen LogP contribution in [0.3, 0.4) is 0 Å². The van der Waals surface area contributed by atoms with E-state index in [2.05, 4.69) is 41.7 Å². The summed E-state index contributed by atoms with van der Waals surface area (Å²) >= 11 is 0. The van der Waals surface area contributed by atoms with E-state index < -0.39 is 17.6 Å². The summed E-state index contributed by atoms with van der Waals surface area (Å²) < 4.78 is 0. The van der Waals surface area contributed by atoms with Crippen LogP contribution in [0.25, 0.3) is 0 Å². The lowest BCUT2D eigenvalue weighted by atomic mass is 9.77. The Bertz CT molecular complexity index is 1050. The molecule has 0 heterocycles. The molecule has 4 nitrogen and oxygen atoms in total. The average Bonchev–Trinajstić information content (AvgIpc) is 2.85. The quantitative estimate of drug-likeness (QED) is 0.348. The van der Waals surface area contributed by atoms with Gasteiger partial charge in [0.05, 0.1) is 0 Å². The minimum atomic E-state index is -0.997. The highest BCUT2D eigenvalue weighted by molar-refractivity contribution is 5.73. The fourth-order valence-corrected chi connectivity index (χ4v) is 4.06. The first-order valence-corrected chi connectivity index (χ1v) is 10.6. The normalized spacial score (nSPS) is 12.2. The van der Waals surface area contributed by atoms with Gasteiger partial charge in [0.25, 0.3) is 0 Å². The van der Waals surface area contributed by atoms with Crippen LogP contribution in [-0.2, 0) is 16.8 Å². The molecular formula is C28H26N2O2. The van der Waals surface area contributed by atoms with E-state index >= 15 is 0 Å². The van der Waals surface area contributed by atoms with E-state index in [9.17, 15) is 4.79 Å². The Labute approximate surface area is 188 Å². The number of aliphatic carboxylic acids is 1. The first kappa shape index (κ1) is 21.3. The van der Waals surface area contributed by atoms with Crippen molar-refractivity contribution in [1.82, 2.24) is 0 Å². The van der Waals surface area contributed by atoms with Crippen molar-refractivity contribution in [3.05, 3.63) is 138 Å². The van der Waals surface area contributed by atoms with E-state index in [0.717, 1.165) is 27.9 Å². The van der Waals surface area contributed by atoms with E-state index in [1.165, 1.54) is 0 Å². The number of carboxylic acid groups (broad SMARTS) is 1. The molecule has 0 aliphatic carbocycles. The number of carbonyl (C=O) groups is 1. The standard InChI is InChI=1S/C28H26N2O2/c29-26(27(31)32)20-21-16-18-25(19-17-21)30-28(22-10-4-1-5-11-22,23-12-6-2-7-13-23)24-14-8-3-9-15-24/h1-19,26,30H,20,29H2,(H,31,32)/t26-/m1/s1. The first-order valence-electron chi connectivity index (χ1n) is 10.6. The maximum atomic E-state index is 11.1. The number of nitrogens with two attached hydrogens (primary N) is 1. The number of rotatable bonds is 8. The van der Waals surface area contributed by atoms with Crippen molar-refractivity contribution < 1.29 is 9.90 Å². The first-order chi connectivity index (χ1) is 15.6. The molecular weight excluding hydrogens is 396 g/mol. The van der Waals surface area contributed by atoms with Gasteiger partial charge in [0.15, 0.2) is 0 Å². The largest absolute Gasteiger partial charge is 0.480 e. The van der Waals surface area contributed by atoms with Crippen LogP contribution in [0.1, 0.15) is 22.3 Å². The average molecular weight is 423 g/mol. The second kappa shape index (κ2) is 9.50. The zero-order valence-corrected chi connectivity index (χ0v) is 17.7. The molecule has 0 bridgehead atoms. The third kappa shape index (κ3) is 4.41. The van der Waals surface area contributed by atoms with Crippen LogP contribution < -0.4 is 11.1 Å². The van der Waals surface area contributed by atoms with Crippen LogP contribution in [0.15, 0.2) is 115 Å². The van der Waals surface area contributed by atoms with Crippen LogP contribution in [0.4, 0.5) is 5.69 Å². The molecule has 0 aliphatic rings. The fourth-order valence-electron chi connectivity index (χ4n) is 4.06. The number of nitrogens with one attached hydrogen (secondary N) is 1. The summed E-state index contributed by atoms with van der Waals surface area (Å²) in [7, 11) is 0. The molecule has 0 radical (unpaired) electrons. The summed E-state index contributed by atoms with van der Waals surface area (Å²) in [5.41, 5.74) is 10.3. The molecule has 4 aromatic carbocycles. The maximum Gasteiger partial charge on any atom is 0.320 e. The van der Waals surface area contributed by atoms with Crippen molar-refractivity contribution in [2.24, 2.45) is 5.73 Å². The van der Waals surface area contributed by atoms with Gasteiger partial charge in [-0.15, -0.1) is 0 Å². The van der Waals surface area contributed by atoms with E-state index in [-0.39, 0.29) is 6.42 Å². The van der Waals surface area contributed by atoms with Crippen LogP contribution in [0.2, 0.25) is 0 Å². The molecule has 0 saturated carbocycles. The van der Waals surface area contributed by atoms with Crippen molar-refractivity contribution in [1.29, 1.82) is 0 Å². The van der Waals surface area contributed by atoms with Crippen molar-refractivity contribution >= 4 is 11.7 Å². The topological polar surface area (TPSA) is 75.3 Å². The second-order valence-electron chi connectivity index (χ2n) is 7.82. The summed E-state index contributed by atoms with van der Waals surface area (Å²) in [5, 5.41) is 12.9. The maximum absolute atomic E-state index is 11.1. The van der Waals surface area contributed by atoms with Gasteiger partial charge in [0.2, 0.25) is 0 Å². The molecule has 0 saturated heterocycles. The minimum Gasteiger partial charge on any atom is -0.480 e. The molecule has 4 N–H and O–H groups in total. The number of carboxylic acids is 1. The zero-order chi connectivity index (χ0) is 22.4. The Hall–Kier alpha value is -3.89. The molecule has 1 atom stereocenters. The molecule has 160 valence electrons. The van der Waals surface area contributed by atoms with E-state index in [4.69, 9.17) is 10.8 Å². The molecule has 0 fully saturated rings. The van der Waals surface area contributed by atoms with Crippen molar-refractivity contribution in [3.63, 3.8) is 0 Å². The van der Waals surface area contributed by atoms with Gasteiger partial charge in [-0.3, -0.25) is 4.79 Å². The molecule has 0 amide bonds. The minimum absolute atomic E-state index is 0.289. The second-order valence-corrected chi connectivity index (χ2v) is 7.82. The Kier molecular flexibility index (Phi) is 6.34. The van der Waals surface area contributed by atoms with Gasteiger partial charge >= 0.3 is 5.97 Å². The summed E-state index contributed by atoms with van der Waals surface area (Å²) in [5.74, 6) is -0.997. The molecule has 4 rings (SSSR count). The number of benzene rings is 4. The van der Waals surface area contributed by atoms with E-state index in [1.54, 1.807) is 0 Å². The molecule has 4 heteroatoms. The van der Waals surface area contributed by atoms with Crippen LogP contribution in [0.5, 0.6) is 0 Å². The lowest BCUT2D eigenvalue weighted by Gasteiger charge is -2.38. The Balaban J connectivity index is 1.81. The van der Waals surface area contributed by atoms with Gasteiger partial charge in [-0.1, -0.05) is 103 Å².